The van der Waals surface area contributed by atoms with E-state index >= 15 is 0 Å². The molecule has 16 heavy (non-hydrogen) atoms. The minimum Gasteiger partial charge on any atom is -0.481 e. The summed E-state index contributed by atoms with van der Waals surface area (Å²) in [5, 5.41) is 0. The Bertz CT molecular complexity index is 373. The first-order valence-electron chi connectivity index (χ1n) is 5.38. The minimum atomic E-state index is -0.509. The van der Waals surface area contributed by atoms with Crippen LogP contribution in [0.5, 0.6) is 5.75 Å². The van der Waals surface area contributed by atoms with E-state index in [0.717, 1.165) is 19.5 Å². The van der Waals surface area contributed by atoms with Gasteiger partial charge in [-0.3, -0.25) is 4.79 Å². The maximum atomic E-state index is 12.6. The van der Waals surface area contributed by atoms with Crippen LogP contribution in [0, 0.1) is 5.82 Å². The molecule has 1 unspecified atom stereocenters. The molecule has 2 rings (SSSR count). The highest BCUT2D eigenvalue weighted by atomic mass is 19.1. The van der Waals surface area contributed by atoms with Crippen molar-refractivity contribution in [3.63, 3.8) is 0 Å². The molecular formula is C12H14FNO2. The molecule has 1 aromatic carbocycles. The Morgan fingerprint density at radius 3 is 2.50 bits per heavy atom. The van der Waals surface area contributed by atoms with Crippen molar-refractivity contribution in [3.8, 4) is 5.75 Å². The number of rotatable bonds is 3. The van der Waals surface area contributed by atoms with Crippen LogP contribution in [0.3, 0.4) is 0 Å². The lowest BCUT2D eigenvalue weighted by atomic mass is 10.2. The molecule has 3 nitrogen and oxygen atoms in total. The third-order valence-electron chi connectivity index (χ3n) is 2.64. The lowest BCUT2D eigenvalue weighted by Gasteiger charge is -2.33. The summed E-state index contributed by atoms with van der Waals surface area (Å²) in [6, 6.07) is 5.68. The Morgan fingerprint density at radius 2 is 2.00 bits per heavy atom. The average molecular weight is 223 g/mol. The molecule has 1 heterocycles. The average Bonchev–Trinajstić information content (AvgIpc) is 2.19. The molecule has 0 bridgehead atoms. The van der Waals surface area contributed by atoms with E-state index in [1.807, 2.05) is 0 Å². The number of ether oxygens (including phenoxy) is 1. The maximum Gasteiger partial charge on any atom is 0.263 e. The molecule has 1 atom stereocenters. The van der Waals surface area contributed by atoms with E-state index in [4.69, 9.17) is 4.74 Å². The molecule has 1 fully saturated rings. The predicted octanol–water partition coefficient (Wildman–Crippen LogP) is 1.83. The number of nitrogens with zero attached hydrogens (tertiary/aromatic N) is 1. The van der Waals surface area contributed by atoms with Crippen molar-refractivity contribution in [2.75, 3.05) is 13.1 Å². The Morgan fingerprint density at radius 1 is 1.38 bits per heavy atom. The Balaban J connectivity index is 1.93. The quantitative estimate of drug-likeness (QED) is 0.782. The zero-order valence-electron chi connectivity index (χ0n) is 9.15. The molecule has 1 aromatic rings. The number of halogens is 1. The molecule has 1 saturated heterocycles. The third-order valence-corrected chi connectivity index (χ3v) is 2.64. The first-order chi connectivity index (χ1) is 7.66. The molecule has 0 aromatic heterocycles. The van der Waals surface area contributed by atoms with E-state index in [9.17, 15) is 9.18 Å². The molecule has 1 aliphatic heterocycles. The van der Waals surface area contributed by atoms with E-state index < -0.39 is 6.10 Å². The van der Waals surface area contributed by atoms with Gasteiger partial charge in [0.25, 0.3) is 5.91 Å². The van der Waals surface area contributed by atoms with Crippen LogP contribution in [-0.4, -0.2) is 30.0 Å². The zero-order chi connectivity index (χ0) is 11.5. The van der Waals surface area contributed by atoms with Crippen molar-refractivity contribution >= 4 is 5.91 Å². The highest BCUT2D eigenvalue weighted by molar-refractivity contribution is 5.81. The van der Waals surface area contributed by atoms with Gasteiger partial charge < -0.3 is 9.64 Å². The molecule has 86 valence electrons. The SMILES string of the molecule is CC(Oc1ccc(F)cc1)C(=O)N1CCC1. The minimum absolute atomic E-state index is 0.00410. The van der Waals surface area contributed by atoms with Crippen LogP contribution < -0.4 is 4.74 Å². The zero-order valence-corrected chi connectivity index (χ0v) is 9.15. The fraction of sp³-hybridized carbons (Fsp3) is 0.417. The summed E-state index contributed by atoms with van der Waals surface area (Å²) in [5.41, 5.74) is 0. The lowest BCUT2D eigenvalue weighted by molar-refractivity contribution is -0.141. The molecule has 4 heteroatoms. The molecule has 0 aliphatic carbocycles. The second kappa shape index (κ2) is 4.51. The van der Waals surface area contributed by atoms with E-state index in [1.165, 1.54) is 24.3 Å². The lowest BCUT2D eigenvalue weighted by Crippen LogP contribution is -2.47. The Hall–Kier alpha value is -1.58. The molecule has 0 spiro atoms. The summed E-state index contributed by atoms with van der Waals surface area (Å²) in [7, 11) is 0. The van der Waals surface area contributed by atoms with Crippen molar-refractivity contribution in [3.05, 3.63) is 30.1 Å². The topological polar surface area (TPSA) is 29.5 Å². The smallest absolute Gasteiger partial charge is 0.263 e. The van der Waals surface area contributed by atoms with Crippen LogP contribution in [-0.2, 0) is 4.79 Å². The second-order valence-corrected chi connectivity index (χ2v) is 3.89. The standard InChI is InChI=1S/C12H14FNO2/c1-9(12(15)14-7-2-8-14)16-11-5-3-10(13)4-6-11/h3-6,9H,2,7-8H2,1H3. The fourth-order valence-electron chi connectivity index (χ4n) is 1.56. The highest BCUT2D eigenvalue weighted by Gasteiger charge is 2.26. The van der Waals surface area contributed by atoms with Crippen molar-refractivity contribution in [1.82, 2.24) is 4.90 Å². The van der Waals surface area contributed by atoms with Gasteiger partial charge >= 0.3 is 0 Å². The van der Waals surface area contributed by atoms with E-state index in [2.05, 4.69) is 0 Å². The van der Waals surface area contributed by atoms with Gasteiger partial charge in [-0.05, 0) is 37.6 Å². The van der Waals surface area contributed by atoms with Gasteiger partial charge in [0.1, 0.15) is 11.6 Å². The second-order valence-electron chi connectivity index (χ2n) is 3.89. The number of carbonyl (C=O) groups is 1. The van der Waals surface area contributed by atoms with Gasteiger partial charge in [0, 0.05) is 13.1 Å². The summed E-state index contributed by atoms with van der Waals surface area (Å²) in [5.74, 6) is 0.201. The van der Waals surface area contributed by atoms with Crippen LogP contribution in [0.1, 0.15) is 13.3 Å². The molecule has 0 saturated carbocycles. The maximum absolute atomic E-state index is 12.6. The van der Waals surface area contributed by atoms with Crippen LogP contribution >= 0.6 is 0 Å². The molecule has 0 radical (unpaired) electrons. The monoisotopic (exact) mass is 223 g/mol. The molecule has 1 aliphatic rings. The predicted molar refractivity (Wildman–Crippen MR) is 57.7 cm³/mol. The van der Waals surface area contributed by atoms with Crippen molar-refractivity contribution in [2.45, 2.75) is 19.4 Å². The molecular weight excluding hydrogens is 209 g/mol. The van der Waals surface area contributed by atoms with Gasteiger partial charge in [0.05, 0.1) is 0 Å². The number of amides is 1. The van der Waals surface area contributed by atoms with Crippen molar-refractivity contribution < 1.29 is 13.9 Å². The number of hydrogen-bond acceptors (Lipinski definition) is 2. The number of benzene rings is 1. The summed E-state index contributed by atoms with van der Waals surface area (Å²) in [6.45, 7) is 3.34. The first kappa shape index (κ1) is 10.9. The van der Waals surface area contributed by atoms with Gasteiger partial charge in [0.2, 0.25) is 0 Å². The van der Waals surface area contributed by atoms with Gasteiger partial charge in [-0.25, -0.2) is 4.39 Å². The van der Waals surface area contributed by atoms with Gasteiger partial charge in [0.15, 0.2) is 6.10 Å². The number of carbonyl (C=O) groups excluding carboxylic acids is 1. The first-order valence-corrected chi connectivity index (χ1v) is 5.38. The summed E-state index contributed by atoms with van der Waals surface area (Å²) < 4.78 is 18.1. The summed E-state index contributed by atoms with van der Waals surface area (Å²) >= 11 is 0. The van der Waals surface area contributed by atoms with Crippen molar-refractivity contribution in [2.24, 2.45) is 0 Å². The fourth-order valence-corrected chi connectivity index (χ4v) is 1.56. The largest absolute Gasteiger partial charge is 0.481 e. The van der Waals surface area contributed by atoms with Gasteiger partial charge in [-0.2, -0.15) is 0 Å². The van der Waals surface area contributed by atoms with Crippen molar-refractivity contribution in [1.29, 1.82) is 0 Å². The van der Waals surface area contributed by atoms with Gasteiger partial charge in [-0.15, -0.1) is 0 Å². The van der Waals surface area contributed by atoms with E-state index in [1.54, 1.807) is 11.8 Å². The van der Waals surface area contributed by atoms with Crippen LogP contribution in [0.2, 0.25) is 0 Å². The summed E-state index contributed by atoms with van der Waals surface area (Å²) in [4.78, 5) is 13.5. The normalized spacial score (nSPS) is 16.5. The Kier molecular flexibility index (Phi) is 3.08. The van der Waals surface area contributed by atoms with Crippen LogP contribution in [0.25, 0.3) is 0 Å². The third kappa shape index (κ3) is 2.32. The number of hydrogen-bond donors (Lipinski definition) is 0. The highest BCUT2D eigenvalue weighted by Crippen LogP contribution is 2.15. The molecule has 1 amide bonds. The molecule has 0 N–H and O–H groups in total. The van der Waals surface area contributed by atoms with Gasteiger partial charge in [-0.1, -0.05) is 0 Å². The van der Waals surface area contributed by atoms with E-state index in [0.29, 0.717) is 5.75 Å². The number of likely N-dealkylation sites (tertiary alicyclic amines) is 1. The van der Waals surface area contributed by atoms with E-state index in [-0.39, 0.29) is 11.7 Å². The van der Waals surface area contributed by atoms with Crippen LogP contribution in [0.15, 0.2) is 24.3 Å². The Labute approximate surface area is 93.8 Å². The van der Waals surface area contributed by atoms with Crippen LogP contribution in [0.4, 0.5) is 4.39 Å². The summed E-state index contributed by atoms with van der Waals surface area (Å²) in [6.07, 6.45) is 0.556.